The van der Waals surface area contributed by atoms with Gasteiger partial charge in [-0.3, -0.25) is 4.79 Å². The molecule has 5 nitrogen and oxygen atoms in total. The summed E-state index contributed by atoms with van der Waals surface area (Å²) in [4.78, 5) is 19.2. The van der Waals surface area contributed by atoms with E-state index in [0.717, 1.165) is 37.8 Å². The van der Waals surface area contributed by atoms with Gasteiger partial charge in [0, 0.05) is 36.0 Å². The van der Waals surface area contributed by atoms with Crippen LogP contribution in [0.2, 0.25) is 5.02 Å². The van der Waals surface area contributed by atoms with Crippen LogP contribution in [0, 0.1) is 0 Å². The minimum atomic E-state index is 0.173. The second kappa shape index (κ2) is 9.23. The zero-order valence-corrected chi connectivity index (χ0v) is 17.0. The number of halogens is 1. The van der Waals surface area contributed by atoms with Gasteiger partial charge in [-0.25, -0.2) is 0 Å². The van der Waals surface area contributed by atoms with E-state index in [4.69, 9.17) is 16.1 Å². The molecule has 1 amide bonds. The Morgan fingerprint density at radius 1 is 1.10 bits per heavy atom. The number of nitrogens with zero attached hydrogens (tertiary/aromatic N) is 3. The number of aryl methyl sites for hydroxylation is 2. The van der Waals surface area contributed by atoms with E-state index in [1.807, 2.05) is 23.1 Å². The van der Waals surface area contributed by atoms with Gasteiger partial charge in [0.1, 0.15) is 0 Å². The predicted molar refractivity (Wildman–Crippen MR) is 113 cm³/mol. The summed E-state index contributed by atoms with van der Waals surface area (Å²) in [7, 11) is 0. The molecule has 3 aromatic rings. The molecular formula is C23H24ClN3O2. The average molecular weight is 410 g/mol. The van der Waals surface area contributed by atoms with Gasteiger partial charge in [0.15, 0.2) is 0 Å². The fraction of sp³-hybridized carbons (Fsp3) is 0.348. The molecule has 1 unspecified atom stereocenters. The lowest BCUT2D eigenvalue weighted by molar-refractivity contribution is -0.132. The van der Waals surface area contributed by atoms with Crippen LogP contribution in [-0.4, -0.2) is 33.5 Å². The van der Waals surface area contributed by atoms with E-state index >= 15 is 0 Å². The van der Waals surface area contributed by atoms with Crippen molar-refractivity contribution in [1.82, 2.24) is 15.0 Å². The summed E-state index contributed by atoms with van der Waals surface area (Å²) in [6, 6.07) is 18.1. The lowest BCUT2D eigenvalue weighted by atomic mass is 10.0. The van der Waals surface area contributed by atoms with Crippen LogP contribution in [0.1, 0.15) is 37.1 Å². The topological polar surface area (TPSA) is 59.2 Å². The third kappa shape index (κ3) is 5.04. The first-order chi connectivity index (χ1) is 14.2. The minimum absolute atomic E-state index is 0.173. The van der Waals surface area contributed by atoms with Crippen LogP contribution in [0.25, 0.3) is 11.4 Å². The van der Waals surface area contributed by atoms with Crippen molar-refractivity contribution in [3.05, 3.63) is 71.1 Å². The Hall–Kier alpha value is -2.66. The maximum absolute atomic E-state index is 12.8. The molecule has 2 heterocycles. The van der Waals surface area contributed by atoms with Crippen molar-refractivity contribution in [3.8, 4) is 11.4 Å². The summed E-state index contributed by atoms with van der Waals surface area (Å²) in [6.45, 7) is 0.845. The molecule has 0 N–H and O–H groups in total. The van der Waals surface area contributed by atoms with Crippen molar-refractivity contribution in [2.75, 3.05) is 6.54 Å². The quantitative estimate of drug-likeness (QED) is 0.554. The van der Waals surface area contributed by atoms with Gasteiger partial charge >= 0.3 is 0 Å². The van der Waals surface area contributed by atoms with Crippen molar-refractivity contribution in [1.29, 1.82) is 0 Å². The zero-order valence-electron chi connectivity index (χ0n) is 16.3. The lowest BCUT2D eigenvalue weighted by Crippen LogP contribution is -2.36. The smallest absolute Gasteiger partial charge is 0.227 e. The number of likely N-dealkylation sites (tertiary alicyclic amines) is 1. The number of hydrogen-bond donors (Lipinski definition) is 0. The second-order valence-corrected chi connectivity index (χ2v) is 7.86. The van der Waals surface area contributed by atoms with Crippen LogP contribution in [-0.2, 0) is 17.6 Å². The molecule has 6 heteroatoms. The van der Waals surface area contributed by atoms with Crippen molar-refractivity contribution in [2.24, 2.45) is 0 Å². The first-order valence-corrected chi connectivity index (χ1v) is 10.5. The molecule has 2 aromatic carbocycles. The molecule has 150 valence electrons. The summed E-state index contributed by atoms with van der Waals surface area (Å²) < 4.78 is 5.33. The standard InChI is InChI=1S/C23H24ClN3O2/c24-19-11-9-18(10-12-19)23-25-21(29-26-23)14-15-22(28)27-16-4-7-20(27)13-8-17-5-2-1-3-6-17/h1-3,5-6,9-12,20H,4,7-8,13-16H2. The van der Waals surface area contributed by atoms with E-state index in [1.54, 1.807) is 12.1 Å². The van der Waals surface area contributed by atoms with E-state index < -0.39 is 0 Å². The Labute approximate surface area is 175 Å². The molecule has 4 rings (SSSR count). The summed E-state index contributed by atoms with van der Waals surface area (Å²) in [6.07, 6.45) is 5.03. The highest BCUT2D eigenvalue weighted by Gasteiger charge is 2.28. The molecule has 1 aromatic heterocycles. The lowest BCUT2D eigenvalue weighted by Gasteiger charge is -2.24. The molecule has 0 bridgehead atoms. The highest BCUT2D eigenvalue weighted by molar-refractivity contribution is 6.30. The monoisotopic (exact) mass is 409 g/mol. The van der Waals surface area contributed by atoms with Crippen LogP contribution >= 0.6 is 11.6 Å². The van der Waals surface area contributed by atoms with E-state index in [2.05, 4.69) is 34.4 Å². The molecular weight excluding hydrogens is 386 g/mol. The van der Waals surface area contributed by atoms with Gasteiger partial charge < -0.3 is 9.42 Å². The Kier molecular flexibility index (Phi) is 6.25. The summed E-state index contributed by atoms with van der Waals surface area (Å²) in [5.41, 5.74) is 2.17. The number of hydrogen-bond acceptors (Lipinski definition) is 4. The Morgan fingerprint density at radius 2 is 1.90 bits per heavy atom. The number of benzene rings is 2. The molecule has 0 spiro atoms. The molecule has 1 fully saturated rings. The van der Waals surface area contributed by atoms with Crippen molar-refractivity contribution in [2.45, 2.75) is 44.6 Å². The molecule has 1 atom stereocenters. The normalized spacial score (nSPS) is 16.3. The zero-order chi connectivity index (χ0) is 20.1. The van der Waals surface area contributed by atoms with Crippen LogP contribution in [0.5, 0.6) is 0 Å². The van der Waals surface area contributed by atoms with Gasteiger partial charge in [-0.05, 0) is 55.5 Å². The molecule has 1 aliphatic rings. The van der Waals surface area contributed by atoms with Gasteiger partial charge in [0.2, 0.25) is 17.6 Å². The molecule has 0 radical (unpaired) electrons. The first kappa shape index (κ1) is 19.6. The fourth-order valence-electron chi connectivity index (χ4n) is 3.87. The van der Waals surface area contributed by atoms with Crippen molar-refractivity contribution in [3.63, 3.8) is 0 Å². The molecule has 0 aliphatic carbocycles. The van der Waals surface area contributed by atoms with Crippen LogP contribution in [0.4, 0.5) is 0 Å². The van der Waals surface area contributed by atoms with Crippen LogP contribution < -0.4 is 0 Å². The highest BCUT2D eigenvalue weighted by atomic mass is 35.5. The van der Waals surface area contributed by atoms with E-state index in [1.165, 1.54) is 5.56 Å². The van der Waals surface area contributed by atoms with Gasteiger partial charge in [-0.2, -0.15) is 4.98 Å². The summed E-state index contributed by atoms with van der Waals surface area (Å²) >= 11 is 5.91. The third-order valence-corrected chi connectivity index (χ3v) is 5.68. The van der Waals surface area contributed by atoms with Gasteiger partial charge in [0.25, 0.3) is 0 Å². The number of carbonyl (C=O) groups is 1. The average Bonchev–Trinajstić information content (AvgIpc) is 3.41. The SMILES string of the molecule is O=C(CCc1nc(-c2ccc(Cl)cc2)no1)N1CCCC1CCc1ccccc1. The van der Waals surface area contributed by atoms with Crippen molar-refractivity contribution < 1.29 is 9.32 Å². The van der Waals surface area contributed by atoms with E-state index in [-0.39, 0.29) is 5.91 Å². The summed E-state index contributed by atoms with van der Waals surface area (Å²) in [5, 5.41) is 4.68. The molecule has 0 saturated carbocycles. The minimum Gasteiger partial charge on any atom is -0.340 e. The Morgan fingerprint density at radius 3 is 2.69 bits per heavy atom. The van der Waals surface area contributed by atoms with Crippen LogP contribution in [0.15, 0.2) is 59.1 Å². The number of aromatic nitrogens is 2. The van der Waals surface area contributed by atoms with E-state index in [0.29, 0.717) is 35.6 Å². The first-order valence-electron chi connectivity index (χ1n) is 10.1. The maximum Gasteiger partial charge on any atom is 0.227 e. The van der Waals surface area contributed by atoms with Crippen LogP contribution in [0.3, 0.4) is 0 Å². The Bertz CT molecular complexity index is 940. The second-order valence-electron chi connectivity index (χ2n) is 7.43. The molecule has 29 heavy (non-hydrogen) atoms. The maximum atomic E-state index is 12.8. The van der Waals surface area contributed by atoms with Gasteiger partial charge in [-0.1, -0.05) is 47.1 Å². The molecule has 1 aliphatic heterocycles. The van der Waals surface area contributed by atoms with E-state index in [9.17, 15) is 4.79 Å². The number of rotatable bonds is 7. The third-order valence-electron chi connectivity index (χ3n) is 5.43. The number of carbonyl (C=O) groups excluding carboxylic acids is 1. The largest absolute Gasteiger partial charge is 0.340 e. The highest BCUT2D eigenvalue weighted by Crippen LogP contribution is 2.24. The predicted octanol–water partition coefficient (Wildman–Crippen LogP) is 4.95. The molecule has 1 saturated heterocycles. The van der Waals surface area contributed by atoms with Crippen molar-refractivity contribution >= 4 is 17.5 Å². The summed E-state index contributed by atoms with van der Waals surface area (Å²) in [5.74, 6) is 1.18. The fourth-order valence-corrected chi connectivity index (χ4v) is 4.00. The Balaban J connectivity index is 1.30. The number of amides is 1. The van der Waals surface area contributed by atoms with Gasteiger partial charge in [-0.15, -0.1) is 0 Å². The van der Waals surface area contributed by atoms with Gasteiger partial charge in [0.05, 0.1) is 0 Å².